The summed E-state index contributed by atoms with van der Waals surface area (Å²) >= 11 is 7.02. The lowest BCUT2D eigenvalue weighted by atomic mass is 10.2. The van der Waals surface area contributed by atoms with Crippen LogP contribution in [0.25, 0.3) is 0 Å². The van der Waals surface area contributed by atoms with Crippen LogP contribution in [0.5, 0.6) is 0 Å². The maximum absolute atomic E-state index is 10.6. The Bertz CT molecular complexity index is 614. The molecule has 1 heterocycles. The minimum atomic E-state index is -0.446. The maximum Gasteiger partial charge on any atom is 0.270 e. The molecule has 0 atom stereocenters. The van der Waals surface area contributed by atoms with Gasteiger partial charge in [-0.1, -0.05) is 12.1 Å². The highest BCUT2D eigenvalue weighted by Crippen LogP contribution is 2.16. The van der Waals surface area contributed by atoms with Crippen molar-refractivity contribution in [3.05, 3.63) is 51.0 Å². The fourth-order valence-electron chi connectivity index (χ4n) is 1.30. The van der Waals surface area contributed by atoms with Crippen LogP contribution in [-0.4, -0.2) is 16.1 Å². The van der Waals surface area contributed by atoms with Crippen LogP contribution >= 0.6 is 22.9 Å². The van der Waals surface area contributed by atoms with Crippen molar-refractivity contribution in [2.75, 3.05) is 5.43 Å². The van der Waals surface area contributed by atoms with Crippen molar-refractivity contribution in [2.45, 2.75) is 5.88 Å². The molecule has 1 aromatic heterocycles. The molecule has 6 nitrogen and oxygen atoms in total. The Labute approximate surface area is 117 Å². The summed E-state index contributed by atoms with van der Waals surface area (Å²) in [6, 6.07) is 6.20. The number of rotatable bonds is 5. The second-order valence-electron chi connectivity index (χ2n) is 3.50. The molecule has 0 radical (unpaired) electrons. The molecule has 0 spiro atoms. The van der Waals surface area contributed by atoms with E-state index in [9.17, 15) is 10.1 Å². The van der Waals surface area contributed by atoms with Crippen LogP contribution in [0.1, 0.15) is 11.3 Å². The Kier molecular flexibility index (Phi) is 4.43. The lowest BCUT2D eigenvalue weighted by Crippen LogP contribution is -1.92. The summed E-state index contributed by atoms with van der Waals surface area (Å²) in [5.41, 5.74) is 4.19. The molecule has 0 unspecified atom stereocenters. The largest absolute Gasteiger partial charge is 0.270 e. The number of benzene rings is 1. The molecule has 2 rings (SSSR count). The van der Waals surface area contributed by atoms with Gasteiger partial charge in [0, 0.05) is 23.1 Å². The first-order valence-corrected chi connectivity index (χ1v) is 6.64. The van der Waals surface area contributed by atoms with Gasteiger partial charge < -0.3 is 0 Å². The lowest BCUT2D eigenvalue weighted by Gasteiger charge is -1.95. The number of nitrogens with zero attached hydrogens (tertiary/aromatic N) is 3. The average Bonchev–Trinajstić information content (AvgIpc) is 2.87. The SMILES string of the molecule is O=[N+]([O-])c1cccc(C=NNc2nc(CCl)cs2)c1. The maximum atomic E-state index is 10.6. The molecule has 0 aliphatic rings. The summed E-state index contributed by atoms with van der Waals surface area (Å²) in [6.07, 6.45) is 1.49. The van der Waals surface area contributed by atoms with Gasteiger partial charge in [0.2, 0.25) is 5.13 Å². The van der Waals surface area contributed by atoms with E-state index in [1.165, 1.54) is 29.7 Å². The van der Waals surface area contributed by atoms with Gasteiger partial charge in [0.1, 0.15) is 0 Å². The summed E-state index contributed by atoms with van der Waals surface area (Å²) in [4.78, 5) is 14.3. The van der Waals surface area contributed by atoms with E-state index in [0.717, 1.165) is 5.69 Å². The Balaban J connectivity index is 2.02. The molecule has 2 aromatic rings. The van der Waals surface area contributed by atoms with E-state index in [-0.39, 0.29) is 5.69 Å². The van der Waals surface area contributed by atoms with E-state index in [4.69, 9.17) is 11.6 Å². The molecule has 0 amide bonds. The van der Waals surface area contributed by atoms with Crippen LogP contribution in [0.4, 0.5) is 10.8 Å². The summed E-state index contributed by atoms with van der Waals surface area (Å²) in [7, 11) is 0. The van der Waals surface area contributed by atoms with E-state index in [0.29, 0.717) is 16.6 Å². The first-order valence-electron chi connectivity index (χ1n) is 5.23. The number of anilines is 1. The van der Waals surface area contributed by atoms with E-state index >= 15 is 0 Å². The second-order valence-corrected chi connectivity index (χ2v) is 4.63. The number of non-ortho nitro benzene ring substituents is 1. The van der Waals surface area contributed by atoms with Gasteiger partial charge in [-0.3, -0.25) is 15.5 Å². The van der Waals surface area contributed by atoms with E-state index in [1.54, 1.807) is 12.1 Å². The molecular formula is C11H9ClN4O2S. The van der Waals surface area contributed by atoms with Gasteiger partial charge in [-0.25, -0.2) is 4.98 Å². The highest BCUT2D eigenvalue weighted by atomic mass is 35.5. The van der Waals surface area contributed by atoms with Crippen molar-refractivity contribution in [3.63, 3.8) is 0 Å². The van der Waals surface area contributed by atoms with Crippen LogP contribution in [-0.2, 0) is 5.88 Å². The molecular weight excluding hydrogens is 288 g/mol. The number of nitrogens with one attached hydrogen (secondary N) is 1. The molecule has 0 aliphatic carbocycles. The minimum Gasteiger partial charge on any atom is -0.258 e. The third kappa shape index (κ3) is 3.73. The molecule has 8 heteroatoms. The number of hydrazone groups is 1. The van der Waals surface area contributed by atoms with Gasteiger partial charge in [-0.2, -0.15) is 5.10 Å². The number of nitro benzene ring substituents is 1. The number of thiazole rings is 1. The molecule has 19 heavy (non-hydrogen) atoms. The minimum absolute atomic E-state index is 0.0302. The molecule has 1 aromatic carbocycles. The average molecular weight is 297 g/mol. The number of hydrogen-bond acceptors (Lipinski definition) is 6. The van der Waals surface area contributed by atoms with Crippen molar-refractivity contribution in [1.29, 1.82) is 0 Å². The van der Waals surface area contributed by atoms with Crippen molar-refractivity contribution >= 4 is 40.0 Å². The van der Waals surface area contributed by atoms with Crippen molar-refractivity contribution in [2.24, 2.45) is 5.10 Å². The van der Waals surface area contributed by atoms with Gasteiger partial charge in [-0.15, -0.1) is 22.9 Å². The van der Waals surface area contributed by atoms with Crippen molar-refractivity contribution < 1.29 is 4.92 Å². The number of halogens is 1. The summed E-state index contributed by atoms with van der Waals surface area (Å²) in [5.74, 6) is 0.354. The first-order chi connectivity index (χ1) is 9.19. The van der Waals surface area contributed by atoms with Crippen molar-refractivity contribution in [1.82, 2.24) is 4.98 Å². The van der Waals surface area contributed by atoms with Crippen LogP contribution in [0.15, 0.2) is 34.7 Å². The lowest BCUT2D eigenvalue weighted by molar-refractivity contribution is -0.384. The quantitative estimate of drug-likeness (QED) is 0.397. The number of hydrogen-bond donors (Lipinski definition) is 1. The predicted octanol–water partition coefficient (Wildman–Crippen LogP) is 3.24. The van der Waals surface area contributed by atoms with Crippen LogP contribution < -0.4 is 5.43 Å². The summed E-state index contributed by atoms with van der Waals surface area (Å²) in [5, 5.41) is 17.0. The van der Waals surface area contributed by atoms with Gasteiger partial charge in [0.25, 0.3) is 5.69 Å². The van der Waals surface area contributed by atoms with Gasteiger partial charge in [0.15, 0.2) is 0 Å². The number of nitro groups is 1. The van der Waals surface area contributed by atoms with Gasteiger partial charge in [-0.05, 0) is 0 Å². The monoisotopic (exact) mass is 296 g/mol. The fraction of sp³-hybridized carbons (Fsp3) is 0.0909. The smallest absolute Gasteiger partial charge is 0.258 e. The normalized spacial score (nSPS) is 10.8. The Hall–Kier alpha value is -1.99. The predicted molar refractivity (Wildman–Crippen MR) is 76.0 cm³/mol. The summed E-state index contributed by atoms with van der Waals surface area (Å²) in [6.45, 7) is 0. The fourth-order valence-corrected chi connectivity index (χ4v) is 2.19. The number of alkyl halides is 1. The zero-order chi connectivity index (χ0) is 13.7. The number of aromatic nitrogens is 1. The third-order valence-corrected chi connectivity index (χ3v) is 3.21. The Morgan fingerprint density at radius 2 is 2.42 bits per heavy atom. The van der Waals surface area contributed by atoms with Crippen molar-refractivity contribution in [3.8, 4) is 0 Å². The second kappa shape index (κ2) is 6.26. The molecule has 0 bridgehead atoms. The van der Waals surface area contributed by atoms with Crippen LogP contribution in [0.2, 0.25) is 0 Å². The Morgan fingerprint density at radius 3 is 3.11 bits per heavy atom. The molecule has 0 aliphatic heterocycles. The zero-order valence-electron chi connectivity index (χ0n) is 9.62. The summed E-state index contributed by atoms with van der Waals surface area (Å²) < 4.78 is 0. The Morgan fingerprint density at radius 1 is 1.58 bits per heavy atom. The highest BCUT2D eigenvalue weighted by Gasteiger charge is 2.04. The van der Waals surface area contributed by atoms with Crippen LogP contribution in [0.3, 0.4) is 0 Å². The van der Waals surface area contributed by atoms with E-state index in [2.05, 4.69) is 15.5 Å². The van der Waals surface area contributed by atoms with E-state index < -0.39 is 4.92 Å². The molecule has 0 fully saturated rings. The highest BCUT2D eigenvalue weighted by molar-refractivity contribution is 7.13. The topological polar surface area (TPSA) is 80.4 Å². The first kappa shape index (κ1) is 13.4. The van der Waals surface area contributed by atoms with Crippen LogP contribution in [0, 0.1) is 10.1 Å². The molecule has 0 saturated carbocycles. The third-order valence-electron chi connectivity index (χ3n) is 2.14. The van der Waals surface area contributed by atoms with Gasteiger partial charge >= 0.3 is 0 Å². The molecule has 1 N–H and O–H groups in total. The zero-order valence-corrected chi connectivity index (χ0v) is 11.2. The van der Waals surface area contributed by atoms with E-state index in [1.807, 2.05) is 5.38 Å². The molecule has 0 saturated heterocycles. The standard InChI is InChI=1S/C11H9ClN4O2S/c12-5-9-7-19-11(14-9)15-13-6-8-2-1-3-10(4-8)16(17)18/h1-4,6-7H,5H2,(H,14,15). The van der Waals surface area contributed by atoms with Gasteiger partial charge in [0.05, 0.1) is 22.7 Å². The molecule has 98 valence electrons.